The molecule has 1 aliphatic rings. The number of likely N-dealkylation sites (N-methyl/N-ethyl adjacent to an activating group) is 1. The molecule has 0 spiro atoms. The van der Waals surface area contributed by atoms with E-state index in [2.05, 4.69) is 10.3 Å². The number of fused-ring (bicyclic) bond motifs is 1. The number of sulfonamides is 1. The van der Waals surface area contributed by atoms with Crippen molar-refractivity contribution in [3.63, 3.8) is 0 Å². The molecule has 134 valence electrons. The zero-order valence-corrected chi connectivity index (χ0v) is 14.8. The Kier molecular flexibility index (Phi) is 4.40. The van der Waals surface area contributed by atoms with Crippen molar-refractivity contribution in [1.82, 2.24) is 14.6 Å². The van der Waals surface area contributed by atoms with E-state index in [1.165, 1.54) is 25.2 Å². The molecule has 1 aromatic carbocycles. The Morgan fingerprint density at radius 2 is 2.08 bits per heavy atom. The Hall–Kier alpha value is -2.23. The van der Waals surface area contributed by atoms with Gasteiger partial charge in [-0.25, -0.2) is 8.42 Å². The molecule has 0 bridgehead atoms. The molecule has 1 saturated heterocycles. The molecule has 4 N–H and O–H groups in total. The van der Waals surface area contributed by atoms with E-state index in [9.17, 15) is 18.0 Å². The van der Waals surface area contributed by atoms with E-state index < -0.39 is 22.1 Å². The number of carbonyl (C=O) groups is 1. The standard InChI is InChI=1S/C16H20N4O4S/c1-9-5-15(21)19-13-4-3-11(7-12(9)13)25(23,24)20-8-10(17)6-14(20)16(22)18-2/h3-5,7,10,14H,6,8,17H2,1-2H3,(H,18,22)(H,19,21)/t10-,14-/m0/s1. The Bertz CT molecular complexity index is 999. The van der Waals surface area contributed by atoms with Gasteiger partial charge in [0, 0.05) is 36.6 Å². The Labute approximate surface area is 145 Å². The highest BCUT2D eigenvalue weighted by Gasteiger charge is 2.42. The molecule has 1 aliphatic heterocycles. The van der Waals surface area contributed by atoms with Crippen LogP contribution < -0.4 is 16.6 Å². The van der Waals surface area contributed by atoms with Gasteiger partial charge in [-0.1, -0.05) is 0 Å². The summed E-state index contributed by atoms with van der Waals surface area (Å²) in [7, 11) is -2.43. The maximum absolute atomic E-state index is 13.1. The number of benzene rings is 1. The summed E-state index contributed by atoms with van der Waals surface area (Å²) in [5.74, 6) is -0.377. The molecule has 2 atom stereocenters. The molecule has 0 aliphatic carbocycles. The summed E-state index contributed by atoms with van der Waals surface area (Å²) in [6.45, 7) is 1.83. The molecule has 3 rings (SSSR count). The molecule has 2 heterocycles. The number of hydrogen-bond donors (Lipinski definition) is 3. The van der Waals surface area contributed by atoms with Crippen LogP contribution in [0.3, 0.4) is 0 Å². The maximum Gasteiger partial charge on any atom is 0.248 e. The van der Waals surface area contributed by atoms with Crippen LogP contribution in [0.5, 0.6) is 0 Å². The minimum atomic E-state index is -3.89. The van der Waals surface area contributed by atoms with Gasteiger partial charge in [-0.15, -0.1) is 0 Å². The van der Waals surface area contributed by atoms with E-state index in [0.717, 1.165) is 4.31 Å². The maximum atomic E-state index is 13.1. The SMILES string of the molecule is CNC(=O)[C@@H]1C[C@H](N)CN1S(=O)(=O)c1ccc2[nH]c(=O)cc(C)c2c1. The molecule has 1 amide bonds. The van der Waals surface area contributed by atoms with Gasteiger partial charge < -0.3 is 16.0 Å². The third kappa shape index (κ3) is 3.06. The van der Waals surface area contributed by atoms with Crippen LogP contribution in [0.4, 0.5) is 0 Å². The predicted molar refractivity (Wildman–Crippen MR) is 93.6 cm³/mol. The first-order chi connectivity index (χ1) is 11.7. The van der Waals surface area contributed by atoms with Gasteiger partial charge in [-0.2, -0.15) is 4.31 Å². The molecule has 8 nitrogen and oxygen atoms in total. The number of H-pyrrole nitrogens is 1. The van der Waals surface area contributed by atoms with Gasteiger partial charge in [0.05, 0.1) is 4.90 Å². The van der Waals surface area contributed by atoms with Crippen LogP contribution >= 0.6 is 0 Å². The van der Waals surface area contributed by atoms with E-state index in [4.69, 9.17) is 5.73 Å². The van der Waals surface area contributed by atoms with Crippen LogP contribution in [0.15, 0.2) is 34.0 Å². The monoisotopic (exact) mass is 364 g/mol. The lowest BCUT2D eigenvalue weighted by Gasteiger charge is -2.22. The number of aromatic nitrogens is 1. The predicted octanol–water partition coefficient (Wildman–Crippen LogP) is -0.327. The molecular formula is C16H20N4O4S. The second kappa shape index (κ2) is 6.25. The summed E-state index contributed by atoms with van der Waals surface area (Å²) < 4.78 is 27.3. The number of aryl methyl sites for hydroxylation is 1. The number of nitrogens with one attached hydrogen (secondary N) is 2. The number of carbonyl (C=O) groups excluding carboxylic acids is 1. The number of nitrogens with zero attached hydrogens (tertiary/aromatic N) is 1. The molecule has 0 unspecified atom stereocenters. The molecule has 25 heavy (non-hydrogen) atoms. The van der Waals surface area contributed by atoms with E-state index >= 15 is 0 Å². The highest BCUT2D eigenvalue weighted by Crippen LogP contribution is 2.28. The Balaban J connectivity index is 2.09. The first-order valence-corrected chi connectivity index (χ1v) is 9.30. The largest absolute Gasteiger partial charge is 0.358 e. The molecule has 0 saturated carbocycles. The van der Waals surface area contributed by atoms with Crippen molar-refractivity contribution in [1.29, 1.82) is 0 Å². The summed E-state index contributed by atoms with van der Waals surface area (Å²) in [5.41, 5.74) is 6.88. The number of nitrogens with two attached hydrogens (primary N) is 1. The van der Waals surface area contributed by atoms with Crippen LogP contribution in [0.1, 0.15) is 12.0 Å². The van der Waals surface area contributed by atoms with Crippen molar-refractivity contribution in [3.05, 3.63) is 40.2 Å². The highest BCUT2D eigenvalue weighted by atomic mass is 32.2. The Morgan fingerprint density at radius 3 is 2.76 bits per heavy atom. The normalized spacial score (nSPS) is 21.6. The lowest BCUT2D eigenvalue weighted by molar-refractivity contribution is -0.123. The number of hydrogen-bond acceptors (Lipinski definition) is 5. The van der Waals surface area contributed by atoms with Crippen molar-refractivity contribution in [2.24, 2.45) is 5.73 Å². The van der Waals surface area contributed by atoms with E-state index in [0.29, 0.717) is 16.5 Å². The third-order valence-corrected chi connectivity index (χ3v) is 6.34. The van der Waals surface area contributed by atoms with Gasteiger partial charge in [-0.05, 0) is 37.1 Å². The third-order valence-electron chi connectivity index (χ3n) is 4.47. The minimum absolute atomic E-state index is 0.0677. The average Bonchev–Trinajstić information content (AvgIpc) is 2.96. The lowest BCUT2D eigenvalue weighted by Crippen LogP contribution is -2.44. The molecule has 1 fully saturated rings. The van der Waals surface area contributed by atoms with Gasteiger partial charge in [0.25, 0.3) is 0 Å². The second-order valence-electron chi connectivity index (χ2n) is 6.22. The average molecular weight is 364 g/mol. The molecule has 2 aromatic rings. The van der Waals surface area contributed by atoms with Crippen LogP contribution in [0.25, 0.3) is 10.9 Å². The summed E-state index contributed by atoms with van der Waals surface area (Å²) in [4.78, 5) is 26.3. The Morgan fingerprint density at radius 1 is 1.36 bits per heavy atom. The van der Waals surface area contributed by atoms with Crippen molar-refractivity contribution in [3.8, 4) is 0 Å². The van der Waals surface area contributed by atoms with E-state index in [1.807, 2.05) is 0 Å². The van der Waals surface area contributed by atoms with E-state index in [-0.39, 0.29) is 29.3 Å². The second-order valence-corrected chi connectivity index (χ2v) is 8.12. The summed E-state index contributed by atoms with van der Waals surface area (Å²) in [6, 6.07) is 4.70. The smallest absolute Gasteiger partial charge is 0.248 e. The highest BCUT2D eigenvalue weighted by molar-refractivity contribution is 7.89. The first kappa shape index (κ1) is 17.6. The fourth-order valence-electron chi connectivity index (χ4n) is 3.20. The van der Waals surface area contributed by atoms with Crippen molar-refractivity contribution < 1.29 is 13.2 Å². The van der Waals surface area contributed by atoms with Gasteiger partial charge in [0.1, 0.15) is 6.04 Å². The van der Waals surface area contributed by atoms with Crippen molar-refractivity contribution >= 4 is 26.8 Å². The van der Waals surface area contributed by atoms with Gasteiger partial charge in [-0.3, -0.25) is 9.59 Å². The first-order valence-electron chi connectivity index (χ1n) is 7.86. The topological polar surface area (TPSA) is 125 Å². The van der Waals surface area contributed by atoms with Gasteiger partial charge >= 0.3 is 0 Å². The summed E-state index contributed by atoms with van der Waals surface area (Å²) in [6.07, 6.45) is 0.277. The van der Waals surface area contributed by atoms with Crippen LogP contribution in [0, 0.1) is 6.92 Å². The summed E-state index contributed by atoms with van der Waals surface area (Å²) in [5, 5.41) is 3.13. The number of pyridine rings is 1. The van der Waals surface area contributed by atoms with Crippen LogP contribution in [-0.4, -0.2) is 49.3 Å². The molecular weight excluding hydrogens is 344 g/mol. The number of aromatic amines is 1. The van der Waals surface area contributed by atoms with Gasteiger partial charge in [0.15, 0.2) is 0 Å². The molecule has 0 radical (unpaired) electrons. The molecule has 1 aromatic heterocycles. The zero-order valence-electron chi connectivity index (χ0n) is 13.9. The van der Waals surface area contributed by atoms with Crippen molar-refractivity contribution in [2.45, 2.75) is 30.3 Å². The summed E-state index contributed by atoms with van der Waals surface area (Å²) >= 11 is 0. The van der Waals surface area contributed by atoms with Crippen LogP contribution in [-0.2, 0) is 14.8 Å². The van der Waals surface area contributed by atoms with Gasteiger partial charge in [0.2, 0.25) is 21.5 Å². The lowest BCUT2D eigenvalue weighted by atomic mass is 10.1. The quantitative estimate of drug-likeness (QED) is 0.688. The fourth-order valence-corrected chi connectivity index (χ4v) is 4.89. The van der Waals surface area contributed by atoms with E-state index in [1.54, 1.807) is 13.0 Å². The van der Waals surface area contributed by atoms with Crippen molar-refractivity contribution in [2.75, 3.05) is 13.6 Å². The zero-order chi connectivity index (χ0) is 18.4. The van der Waals surface area contributed by atoms with Crippen LogP contribution in [0.2, 0.25) is 0 Å². The fraction of sp³-hybridized carbons (Fsp3) is 0.375. The molecule has 9 heteroatoms. The number of amides is 1. The number of rotatable bonds is 3. The minimum Gasteiger partial charge on any atom is -0.358 e.